The van der Waals surface area contributed by atoms with Crippen LogP contribution >= 0.6 is 0 Å². The fraction of sp³-hybridized carbons (Fsp3) is 0.478. The van der Waals surface area contributed by atoms with Crippen LogP contribution < -0.4 is 15.6 Å². The average Bonchev–Trinajstić information content (AvgIpc) is 2.68. The molecule has 4 rings (SSSR count). The minimum absolute atomic E-state index is 0.0992. The second-order valence-corrected chi connectivity index (χ2v) is 9.65. The van der Waals surface area contributed by atoms with Crippen LogP contribution in [0.1, 0.15) is 49.0 Å². The van der Waals surface area contributed by atoms with Gasteiger partial charge < -0.3 is 29.2 Å². The second-order valence-electron chi connectivity index (χ2n) is 9.65. The number of aromatic nitrogens is 1. The fourth-order valence-electron chi connectivity index (χ4n) is 5.49. The van der Waals surface area contributed by atoms with E-state index in [1.165, 1.54) is 12.3 Å². The molecule has 0 amide bonds. The number of carboxylic acids is 1. The highest BCUT2D eigenvalue weighted by Gasteiger charge is 2.53. The molecule has 0 unspecified atom stereocenters. The van der Waals surface area contributed by atoms with Crippen molar-refractivity contribution in [3.63, 3.8) is 0 Å². The van der Waals surface area contributed by atoms with Gasteiger partial charge in [-0.1, -0.05) is 13.8 Å². The molecular formula is C23H28BNO7. The standard InChI is InChI=1S/C23H28BNO7/c1-22(2)12-23(13-22)10-14-7-20(32-6-4-5-31-3)17(24(29)30)8-15(14)18-9-19(26)16(21(27)28)11-25(18)23/h7-9,11,29-30H,4-6,10,12-13H2,1-3H3,(H,27,28). The predicted octanol–water partition coefficient (Wildman–Crippen LogP) is 1.38. The summed E-state index contributed by atoms with van der Waals surface area (Å²) in [6.45, 7) is 5.23. The van der Waals surface area contributed by atoms with Crippen molar-refractivity contribution in [1.82, 2.24) is 4.57 Å². The van der Waals surface area contributed by atoms with Gasteiger partial charge >= 0.3 is 13.1 Å². The van der Waals surface area contributed by atoms with Crippen LogP contribution in [0.15, 0.2) is 29.2 Å². The van der Waals surface area contributed by atoms with E-state index < -0.39 is 18.5 Å². The van der Waals surface area contributed by atoms with Crippen LogP contribution in [-0.2, 0) is 16.7 Å². The Morgan fingerprint density at radius 1 is 1.19 bits per heavy atom. The van der Waals surface area contributed by atoms with Crippen molar-refractivity contribution in [2.24, 2.45) is 5.41 Å². The molecule has 0 bridgehead atoms. The highest BCUT2D eigenvalue weighted by molar-refractivity contribution is 6.60. The van der Waals surface area contributed by atoms with E-state index in [0.29, 0.717) is 43.1 Å². The van der Waals surface area contributed by atoms with Crippen LogP contribution in [0.4, 0.5) is 0 Å². The van der Waals surface area contributed by atoms with Crippen LogP contribution in [0.5, 0.6) is 5.75 Å². The van der Waals surface area contributed by atoms with E-state index in [1.807, 2.05) is 10.6 Å². The Kier molecular flexibility index (Phi) is 5.69. The van der Waals surface area contributed by atoms with Gasteiger partial charge in [-0.05, 0) is 42.4 Å². The smallest absolute Gasteiger partial charge is 0.492 e. The highest BCUT2D eigenvalue weighted by atomic mass is 16.5. The van der Waals surface area contributed by atoms with Crippen molar-refractivity contribution in [1.29, 1.82) is 0 Å². The molecule has 8 nitrogen and oxygen atoms in total. The first-order valence-electron chi connectivity index (χ1n) is 10.7. The molecule has 1 aliphatic heterocycles. The van der Waals surface area contributed by atoms with Crippen LogP contribution in [0.2, 0.25) is 0 Å². The van der Waals surface area contributed by atoms with Gasteiger partial charge in [-0.2, -0.15) is 0 Å². The van der Waals surface area contributed by atoms with Gasteiger partial charge in [-0.25, -0.2) is 4.79 Å². The summed E-state index contributed by atoms with van der Waals surface area (Å²) >= 11 is 0. The summed E-state index contributed by atoms with van der Waals surface area (Å²) < 4.78 is 12.8. The molecule has 1 aliphatic carbocycles. The van der Waals surface area contributed by atoms with Crippen molar-refractivity contribution in [3.05, 3.63) is 45.7 Å². The number of benzene rings is 1. The molecule has 9 heteroatoms. The fourth-order valence-corrected chi connectivity index (χ4v) is 5.49. The molecule has 1 fully saturated rings. The van der Waals surface area contributed by atoms with Crippen molar-refractivity contribution in [2.75, 3.05) is 20.3 Å². The maximum atomic E-state index is 12.5. The summed E-state index contributed by atoms with van der Waals surface area (Å²) in [5.74, 6) is -0.863. The Labute approximate surface area is 186 Å². The topological polar surface area (TPSA) is 118 Å². The zero-order valence-corrected chi connectivity index (χ0v) is 18.6. The first kappa shape index (κ1) is 22.6. The number of aromatic carboxylic acids is 1. The predicted molar refractivity (Wildman–Crippen MR) is 120 cm³/mol. The van der Waals surface area contributed by atoms with Crippen molar-refractivity contribution in [2.45, 2.75) is 45.1 Å². The quantitative estimate of drug-likeness (QED) is 0.439. The Bertz CT molecular complexity index is 1110. The van der Waals surface area contributed by atoms with Crippen LogP contribution in [-0.4, -0.2) is 53.1 Å². The highest BCUT2D eigenvalue weighted by Crippen LogP contribution is 2.57. The number of hydrogen-bond donors (Lipinski definition) is 3. The largest absolute Gasteiger partial charge is 0.494 e. The molecule has 170 valence electrons. The molecule has 1 spiro atoms. The maximum Gasteiger partial charge on any atom is 0.492 e. The molecule has 3 N–H and O–H groups in total. The van der Waals surface area contributed by atoms with Gasteiger partial charge in [-0.3, -0.25) is 4.79 Å². The number of nitrogens with zero attached hydrogens (tertiary/aromatic N) is 1. The van der Waals surface area contributed by atoms with Gasteiger partial charge in [0.15, 0.2) is 5.43 Å². The number of rotatable bonds is 7. The van der Waals surface area contributed by atoms with Gasteiger partial charge in [0.1, 0.15) is 11.3 Å². The van der Waals surface area contributed by atoms with Gasteiger partial charge in [0, 0.05) is 49.0 Å². The summed E-state index contributed by atoms with van der Waals surface area (Å²) in [7, 11) is -0.147. The molecule has 2 heterocycles. The van der Waals surface area contributed by atoms with Crippen LogP contribution in [0.25, 0.3) is 11.3 Å². The van der Waals surface area contributed by atoms with Crippen molar-refractivity contribution in [3.8, 4) is 17.0 Å². The Morgan fingerprint density at radius 3 is 2.50 bits per heavy atom. The molecule has 0 saturated heterocycles. The normalized spacial score (nSPS) is 17.3. The third-order valence-corrected chi connectivity index (χ3v) is 6.47. The number of pyridine rings is 1. The lowest BCUT2D eigenvalue weighted by Gasteiger charge is -2.57. The molecular weight excluding hydrogens is 413 g/mol. The number of methoxy groups -OCH3 is 1. The maximum absolute atomic E-state index is 12.5. The summed E-state index contributed by atoms with van der Waals surface area (Å²) in [4.78, 5) is 24.2. The molecule has 32 heavy (non-hydrogen) atoms. The molecule has 2 aromatic rings. The van der Waals surface area contributed by atoms with Crippen molar-refractivity contribution >= 4 is 18.6 Å². The lowest BCUT2D eigenvalue weighted by Crippen LogP contribution is -2.54. The lowest BCUT2D eigenvalue weighted by atomic mass is 9.56. The second kappa shape index (κ2) is 8.06. The van der Waals surface area contributed by atoms with Crippen LogP contribution in [0.3, 0.4) is 0 Å². The third-order valence-electron chi connectivity index (χ3n) is 6.47. The zero-order chi connectivity index (χ0) is 23.3. The van der Waals surface area contributed by atoms with E-state index in [-0.39, 0.29) is 22.0 Å². The van der Waals surface area contributed by atoms with E-state index in [0.717, 1.165) is 18.4 Å². The minimum atomic E-state index is -1.75. The van der Waals surface area contributed by atoms with E-state index >= 15 is 0 Å². The molecule has 0 atom stereocenters. The van der Waals surface area contributed by atoms with Crippen molar-refractivity contribution < 1.29 is 29.4 Å². The van der Waals surface area contributed by atoms with Gasteiger partial charge in [0.2, 0.25) is 0 Å². The Morgan fingerprint density at radius 2 is 1.91 bits per heavy atom. The molecule has 1 aromatic heterocycles. The van der Waals surface area contributed by atoms with Gasteiger partial charge in [0.25, 0.3) is 0 Å². The zero-order valence-electron chi connectivity index (χ0n) is 18.6. The Balaban J connectivity index is 1.85. The SMILES string of the molecule is COCCCOc1cc2c(cc1B(O)O)-c1cc(=O)c(C(=O)O)cn1C1(C2)CC(C)(C)C1. The van der Waals surface area contributed by atoms with E-state index in [4.69, 9.17) is 9.47 Å². The molecule has 2 aliphatic rings. The summed E-state index contributed by atoms with van der Waals surface area (Å²) in [6.07, 6.45) is 4.41. The number of hydrogen-bond acceptors (Lipinski definition) is 6. The van der Waals surface area contributed by atoms with E-state index in [1.54, 1.807) is 13.2 Å². The number of fused-ring (bicyclic) bond motifs is 4. The number of carboxylic acid groups (broad SMARTS) is 1. The first-order chi connectivity index (χ1) is 15.1. The monoisotopic (exact) mass is 441 g/mol. The molecule has 0 radical (unpaired) electrons. The number of ether oxygens (including phenoxy) is 2. The van der Waals surface area contributed by atoms with E-state index in [9.17, 15) is 24.7 Å². The lowest BCUT2D eigenvalue weighted by molar-refractivity contribution is -0.00253. The molecule has 1 saturated carbocycles. The van der Waals surface area contributed by atoms with Gasteiger partial charge in [-0.15, -0.1) is 0 Å². The van der Waals surface area contributed by atoms with Crippen LogP contribution in [0, 0.1) is 5.41 Å². The van der Waals surface area contributed by atoms with Gasteiger partial charge in [0.05, 0.1) is 12.3 Å². The number of carbonyl (C=O) groups is 1. The molecule has 1 aromatic carbocycles. The first-order valence-corrected chi connectivity index (χ1v) is 10.7. The average molecular weight is 441 g/mol. The summed E-state index contributed by atoms with van der Waals surface area (Å²) in [5, 5.41) is 29.4. The third kappa shape index (κ3) is 3.85. The minimum Gasteiger partial charge on any atom is -0.494 e. The van der Waals surface area contributed by atoms with E-state index in [2.05, 4.69) is 13.8 Å². The summed E-state index contributed by atoms with van der Waals surface area (Å²) in [6, 6.07) is 4.80. The summed E-state index contributed by atoms with van der Waals surface area (Å²) in [5.41, 5.74) is 1.34. The Hall–Kier alpha value is -2.62.